The van der Waals surface area contributed by atoms with Gasteiger partial charge in [0.15, 0.2) is 0 Å². The van der Waals surface area contributed by atoms with E-state index in [0.29, 0.717) is 17.4 Å². The van der Waals surface area contributed by atoms with Crippen LogP contribution in [-0.4, -0.2) is 73.4 Å². The number of hydrogen-bond donors (Lipinski definition) is 3. The van der Waals surface area contributed by atoms with E-state index in [1.54, 1.807) is 6.08 Å². The lowest BCUT2D eigenvalue weighted by Crippen LogP contribution is -2.45. The van der Waals surface area contributed by atoms with Crippen molar-refractivity contribution in [1.82, 2.24) is 5.32 Å². The van der Waals surface area contributed by atoms with Crippen molar-refractivity contribution in [2.75, 3.05) is 40.9 Å². The molecule has 3 unspecified atom stereocenters. The number of amides is 1. The zero-order valence-electron chi connectivity index (χ0n) is 46.8. The van der Waals surface area contributed by atoms with Gasteiger partial charge in [0.25, 0.3) is 0 Å². The SMILES string of the molecule is CCCCCCCC/C=C\CCCCCCCCCCCC(=O)NC(COP(=O)(O)OCC[N+](C)(C)C)C(O)/C=C/CCCCCCCCCCCCCCCCCCCCCCCCCCCC. The molecule has 0 bridgehead atoms. The van der Waals surface area contributed by atoms with Crippen LogP contribution in [0.5, 0.6) is 0 Å². The first-order valence-electron chi connectivity index (χ1n) is 30.2. The van der Waals surface area contributed by atoms with Crippen LogP contribution < -0.4 is 5.32 Å². The minimum absolute atomic E-state index is 0.0629. The molecule has 410 valence electrons. The summed E-state index contributed by atoms with van der Waals surface area (Å²) in [6, 6.07) is -0.846. The second kappa shape index (κ2) is 51.9. The van der Waals surface area contributed by atoms with Crippen LogP contribution >= 0.6 is 7.82 Å². The first-order chi connectivity index (χ1) is 33.5. The van der Waals surface area contributed by atoms with Crippen molar-refractivity contribution in [3.63, 3.8) is 0 Å². The Bertz CT molecular complexity index is 1170. The molecule has 0 saturated carbocycles. The summed E-state index contributed by atoms with van der Waals surface area (Å²) in [6.45, 7) is 4.85. The Morgan fingerprint density at radius 1 is 0.478 bits per heavy atom. The number of aliphatic hydroxyl groups is 1. The van der Waals surface area contributed by atoms with E-state index in [-0.39, 0.29) is 19.1 Å². The van der Waals surface area contributed by atoms with Crippen molar-refractivity contribution in [3.05, 3.63) is 24.3 Å². The van der Waals surface area contributed by atoms with Crippen LogP contribution in [0, 0.1) is 0 Å². The highest BCUT2D eigenvalue weighted by Crippen LogP contribution is 2.43. The number of quaternary nitrogens is 1. The molecule has 0 fully saturated rings. The van der Waals surface area contributed by atoms with Crippen LogP contribution in [0.1, 0.15) is 303 Å². The van der Waals surface area contributed by atoms with Gasteiger partial charge in [0.2, 0.25) is 5.91 Å². The molecule has 0 aromatic heterocycles. The number of nitrogens with one attached hydrogen (secondary N) is 1. The molecule has 0 radical (unpaired) electrons. The Labute approximate surface area is 430 Å². The zero-order chi connectivity index (χ0) is 50.6. The summed E-state index contributed by atoms with van der Waals surface area (Å²) < 4.78 is 23.7. The smallest absolute Gasteiger partial charge is 0.387 e. The third-order valence-corrected chi connectivity index (χ3v) is 14.9. The maximum absolute atomic E-state index is 13.0. The van der Waals surface area contributed by atoms with Crippen molar-refractivity contribution < 1.29 is 32.9 Å². The van der Waals surface area contributed by atoms with Crippen molar-refractivity contribution in [2.45, 2.75) is 315 Å². The average molecular weight is 997 g/mol. The summed E-state index contributed by atoms with van der Waals surface area (Å²) in [5.41, 5.74) is 0. The van der Waals surface area contributed by atoms with E-state index < -0.39 is 20.0 Å². The number of phosphoric ester groups is 1. The molecule has 0 rings (SSSR count). The van der Waals surface area contributed by atoms with Crippen molar-refractivity contribution in [3.8, 4) is 0 Å². The van der Waals surface area contributed by atoms with E-state index in [4.69, 9.17) is 9.05 Å². The molecule has 0 heterocycles. The Balaban J connectivity index is 4.14. The minimum atomic E-state index is -4.35. The summed E-state index contributed by atoms with van der Waals surface area (Å²) >= 11 is 0. The third kappa shape index (κ3) is 54.6. The fraction of sp³-hybridized carbons (Fsp3) is 0.917. The molecule has 69 heavy (non-hydrogen) atoms. The van der Waals surface area contributed by atoms with Crippen molar-refractivity contribution in [2.24, 2.45) is 0 Å². The van der Waals surface area contributed by atoms with Gasteiger partial charge >= 0.3 is 7.82 Å². The van der Waals surface area contributed by atoms with Crippen LogP contribution in [0.2, 0.25) is 0 Å². The highest BCUT2D eigenvalue weighted by Gasteiger charge is 2.27. The maximum Gasteiger partial charge on any atom is 0.472 e. The monoisotopic (exact) mass is 996 g/mol. The van der Waals surface area contributed by atoms with Gasteiger partial charge in [-0.3, -0.25) is 13.8 Å². The van der Waals surface area contributed by atoms with E-state index in [0.717, 1.165) is 32.1 Å². The lowest BCUT2D eigenvalue weighted by molar-refractivity contribution is -0.870. The number of carbonyl (C=O) groups excluding carboxylic acids is 1. The highest BCUT2D eigenvalue weighted by atomic mass is 31.2. The molecule has 0 saturated heterocycles. The van der Waals surface area contributed by atoms with Gasteiger partial charge in [0, 0.05) is 6.42 Å². The molecule has 0 spiro atoms. The van der Waals surface area contributed by atoms with E-state index >= 15 is 0 Å². The lowest BCUT2D eigenvalue weighted by atomic mass is 10.0. The summed E-state index contributed by atoms with van der Waals surface area (Å²) in [5, 5.41) is 14.0. The van der Waals surface area contributed by atoms with Gasteiger partial charge in [-0.1, -0.05) is 276 Å². The number of rotatable bonds is 56. The van der Waals surface area contributed by atoms with Crippen LogP contribution in [0.15, 0.2) is 24.3 Å². The second-order valence-corrected chi connectivity index (χ2v) is 23.5. The zero-order valence-corrected chi connectivity index (χ0v) is 47.7. The number of likely N-dealkylation sites (N-methyl/N-ethyl adjacent to an activating group) is 1. The normalized spacial score (nSPS) is 14.0. The molecule has 3 atom stereocenters. The van der Waals surface area contributed by atoms with Gasteiger partial charge in [-0.15, -0.1) is 0 Å². The van der Waals surface area contributed by atoms with Gasteiger partial charge < -0.3 is 19.8 Å². The second-order valence-electron chi connectivity index (χ2n) is 22.1. The molecule has 0 aromatic rings. The fourth-order valence-electron chi connectivity index (χ4n) is 9.16. The standard InChI is InChI=1S/C60H119N2O6P/c1-6-8-10-12-14-16-18-20-22-24-26-27-28-29-30-31-32-33-34-36-37-39-41-43-45-47-49-51-53-59(63)58(57-68-69(65,66)67-56-55-62(3,4)5)61-60(64)54-52-50-48-46-44-42-40-38-35-25-23-21-19-17-15-13-11-9-7-2/h21,23,51,53,58-59,63H,6-20,22,24-50,52,54-57H2,1-5H3,(H-,61,64,65,66)/p+1/b23-21-,53-51+. The van der Waals surface area contributed by atoms with E-state index in [2.05, 4.69) is 31.3 Å². The van der Waals surface area contributed by atoms with Gasteiger partial charge in [0.1, 0.15) is 13.2 Å². The number of aliphatic hydroxyl groups excluding tert-OH is 1. The fourth-order valence-corrected chi connectivity index (χ4v) is 9.89. The molecule has 0 aliphatic carbocycles. The van der Waals surface area contributed by atoms with Crippen LogP contribution in [-0.2, 0) is 18.4 Å². The summed E-state index contributed by atoms with van der Waals surface area (Å²) in [7, 11) is 1.58. The van der Waals surface area contributed by atoms with Gasteiger partial charge in [-0.2, -0.15) is 0 Å². The van der Waals surface area contributed by atoms with Gasteiger partial charge in [0.05, 0.1) is 39.9 Å². The lowest BCUT2D eigenvalue weighted by Gasteiger charge is -2.25. The molecule has 1 amide bonds. The Kier molecular flexibility index (Phi) is 51.1. The summed E-state index contributed by atoms with van der Waals surface area (Å²) in [4.78, 5) is 23.3. The summed E-state index contributed by atoms with van der Waals surface area (Å²) in [6.07, 6.45) is 65.7. The topological polar surface area (TPSA) is 105 Å². The number of nitrogens with zero attached hydrogens (tertiary/aromatic N) is 1. The molecule has 8 nitrogen and oxygen atoms in total. The molecular formula is C60H120N2O6P+. The van der Waals surface area contributed by atoms with E-state index in [9.17, 15) is 19.4 Å². The van der Waals surface area contributed by atoms with Crippen LogP contribution in [0.3, 0.4) is 0 Å². The Morgan fingerprint density at radius 2 is 0.783 bits per heavy atom. The van der Waals surface area contributed by atoms with Crippen molar-refractivity contribution in [1.29, 1.82) is 0 Å². The van der Waals surface area contributed by atoms with Crippen LogP contribution in [0.4, 0.5) is 0 Å². The maximum atomic E-state index is 13.0. The number of hydrogen-bond acceptors (Lipinski definition) is 5. The predicted octanol–water partition coefficient (Wildman–Crippen LogP) is 18.4. The largest absolute Gasteiger partial charge is 0.472 e. The van der Waals surface area contributed by atoms with E-state index in [1.165, 1.54) is 250 Å². The number of carbonyl (C=O) groups is 1. The number of unbranched alkanes of at least 4 members (excludes halogenated alkanes) is 41. The number of phosphoric acid groups is 1. The molecule has 9 heteroatoms. The van der Waals surface area contributed by atoms with E-state index in [1.807, 2.05) is 27.2 Å². The van der Waals surface area contributed by atoms with Crippen LogP contribution in [0.25, 0.3) is 0 Å². The summed E-state index contributed by atoms with van der Waals surface area (Å²) in [5.74, 6) is -0.175. The average Bonchev–Trinajstić information content (AvgIpc) is 3.31. The molecular weight excluding hydrogens is 876 g/mol. The molecule has 0 aromatic carbocycles. The Hall–Kier alpha value is -1.02. The molecule has 3 N–H and O–H groups in total. The van der Waals surface area contributed by atoms with Crippen molar-refractivity contribution >= 4 is 13.7 Å². The first-order valence-corrected chi connectivity index (χ1v) is 31.7. The van der Waals surface area contributed by atoms with Gasteiger partial charge in [-0.25, -0.2) is 4.57 Å². The predicted molar refractivity (Wildman–Crippen MR) is 300 cm³/mol. The first kappa shape index (κ1) is 68.0. The highest BCUT2D eigenvalue weighted by molar-refractivity contribution is 7.47. The minimum Gasteiger partial charge on any atom is -0.387 e. The number of allylic oxidation sites excluding steroid dienone is 3. The third-order valence-electron chi connectivity index (χ3n) is 13.9. The molecule has 0 aliphatic rings. The quantitative estimate of drug-likeness (QED) is 0.0243. The van der Waals surface area contributed by atoms with Gasteiger partial charge in [-0.05, 0) is 44.9 Å². The Morgan fingerprint density at radius 3 is 1.12 bits per heavy atom. The molecule has 0 aliphatic heterocycles.